The van der Waals surface area contributed by atoms with Gasteiger partial charge in [-0.3, -0.25) is 4.79 Å². The van der Waals surface area contributed by atoms with Crippen molar-refractivity contribution in [1.29, 1.82) is 0 Å². The van der Waals surface area contributed by atoms with Gasteiger partial charge < -0.3 is 10.2 Å². The van der Waals surface area contributed by atoms with Crippen molar-refractivity contribution in [3.8, 4) is 0 Å². The quantitative estimate of drug-likeness (QED) is 0.709. The van der Waals surface area contributed by atoms with Crippen LogP contribution in [0.15, 0.2) is 48.5 Å². The van der Waals surface area contributed by atoms with Gasteiger partial charge in [-0.1, -0.05) is 48.0 Å². The van der Waals surface area contributed by atoms with E-state index in [0.717, 1.165) is 22.6 Å². The molecule has 0 aliphatic rings. The number of rotatable bonds is 5. The Hall–Kier alpha value is -3.21. The van der Waals surface area contributed by atoms with E-state index in [1.54, 1.807) is 13.0 Å². The maximum Gasteiger partial charge on any atom is 0.274 e. The Bertz CT molecular complexity index is 976. The van der Waals surface area contributed by atoms with Crippen LogP contribution < -0.4 is 10.2 Å². The van der Waals surface area contributed by atoms with E-state index >= 15 is 0 Å². The van der Waals surface area contributed by atoms with Gasteiger partial charge in [0.2, 0.25) is 0 Å². The van der Waals surface area contributed by atoms with E-state index in [9.17, 15) is 4.79 Å². The van der Waals surface area contributed by atoms with Gasteiger partial charge in [-0.05, 0) is 44.4 Å². The molecule has 0 saturated heterocycles. The minimum Gasteiger partial charge on any atom is -0.355 e. The minimum absolute atomic E-state index is 0.227. The largest absolute Gasteiger partial charge is 0.355 e. The molecule has 0 aliphatic heterocycles. The van der Waals surface area contributed by atoms with Gasteiger partial charge in [0.15, 0.2) is 0 Å². The number of carbonyl (C=O) groups excluding carboxylic acids is 1. The van der Waals surface area contributed by atoms with Crippen LogP contribution in [0.4, 0.5) is 11.5 Å². The van der Waals surface area contributed by atoms with Crippen molar-refractivity contribution in [1.82, 2.24) is 9.97 Å². The lowest BCUT2D eigenvalue weighted by Crippen LogP contribution is -2.21. The number of anilines is 2. The molecule has 0 unspecified atom stereocenters. The summed E-state index contributed by atoms with van der Waals surface area (Å²) in [5.74, 6) is 1.06. The number of aryl methyl sites for hydroxylation is 4. The van der Waals surface area contributed by atoms with Gasteiger partial charge in [0.05, 0.1) is 0 Å². The van der Waals surface area contributed by atoms with Gasteiger partial charge in [0, 0.05) is 25.3 Å². The van der Waals surface area contributed by atoms with Crippen LogP contribution in [0.2, 0.25) is 0 Å². The molecule has 0 saturated carbocycles. The third-order valence-corrected chi connectivity index (χ3v) is 4.63. The highest BCUT2D eigenvalue weighted by molar-refractivity contribution is 6.04. The van der Waals surface area contributed by atoms with Crippen LogP contribution in [0.25, 0.3) is 0 Å². The van der Waals surface area contributed by atoms with Crippen LogP contribution >= 0.6 is 0 Å². The van der Waals surface area contributed by atoms with Gasteiger partial charge >= 0.3 is 0 Å². The van der Waals surface area contributed by atoms with Crippen LogP contribution in [0, 0.1) is 27.7 Å². The number of nitrogens with one attached hydrogen (secondary N) is 1. The Labute approximate surface area is 166 Å². The van der Waals surface area contributed by atoms with Crippen LogP contribution in [0.5, 0.6) is 0 Å². The van der Waals surface area contributed by atoms with E-state index in [1.807, 2.05) is 50.9 Å². The second-order valence-corrected chi connectivity index (χ2v) is 7.23. The SMILES string of the molecule is Cc1cc(C)c(NC(=O)c2cc(N(C)Cc3ccccc3)nc(C)n2)c(C)c1. The molecule has 1 heterocycles. The van der Waals surface area contributed by atoms with E-state index < -0.39 is 0 Å². The van der Waals surface area contributed by atoms with Gasteiger partial charge in [-0.15, -0.1) is 0 Å². The summed E-state index contributed by atoms with van der Waals surface area (Å²) < 4.78 is 0. The van der Waals surface area contributed by atoms with Crippen LogP contribution in [0.3, 0.4) is 0 Å². The lowest BCUT2D eigenvalue weighted by Gasteiger charge is -2.19. The number of carbonyl (C=O) groups is 1. The number of aromatic nitrogens is 2. The zero-order valence-electron chi connectivity index (χ0n) is 17.1. The number of amides is 1. The van der Waals surface area contributed by atoms with Crippen molar-refractivity contribution in [3.05, 3.63) is 82.3 Å². The van der Waals surface area contributed by atoms with Crippen molar-refractivity contribution in [3.63, 3.8) is 0 Å². The molecule has 1 amide bonds. The van der Waals surface area contributed by atoms with Gasteiger partial charge in [0.25, 0.3) is 5.91 Å². The first-order valence-corrected chi connectivity index (χ1v) is 9.33. The number of nitrogens with zero attached hydrogens (tertiary/aromatic N) is 3. The molecule has 0 aliphatic carbocycles. The average molecular weight is 374 g/mol. The Morgan fingerprint density at radius 2 is 1.61 bits per heavy atom. The van der Waals surface area contributed by atoms with E-state index in [1.165, 1.54) is 11.1 Å². The maximum absolute atomic E-state index is 12.9. The molecule has 1 N–H and O–H groups in total. The second-order valence-electron chi connectivity index (χ2n) is 7.23. The first kappa shape index (κ1) is 19.5. The second kappa shape index (κ2) is 8.21. The zero-order valence-corrected chi connectivity index (χ0v) is 17.1. The van der Waals surface area contributed by atoms with E-state index in [2.05, 4.69) is 39.6 Å². The summed E-state index contributed by atoms with van der Waals surface area (Å²) in [6.07, 6.45) is 0. The predicted molar refractivity (Wildman–Crippen MR) is 114 cm³/mol. The van der Waals surface area contributed by atoms with E-state index in [0.29, 0.717) is 18.1 Å². The average Bonchev–Trinajstić information content (AvgIpc) is 2.64. The van der Waals surface area contributed by atoms with Gasteiger partial charge in [-0.25, -0.2) is 9.97 Å². The predicted octanol–water partition coefficient (Wildman–Crippen LogP) is 4.60. The van der Waals surface area contributed by atoms with Crippen molar-refractivity contribution >= 4 is 17.4 Å². The number of hydrogen-bond acceptors (Lipinski definition) is 4. The lowest BCUT2D eigenvalue weighted by molar-refractivity contribution is 0.102. The van der Waals surface area contributed by atoms with E-state index in [-0.39, 0.29) is 5.91 Å². The molecule has 1 aromatic heterocycles. The monoisotopic (exact) mass is 374 g/mol. The molecule has 0 bridgehead atoms. The van der Waals surface area contributed by atoms with Crippen molar-refractivity contribution in [2.45, 2.75) is 34.2 Å². The number of hydrogen-bond donors (Lipinski definition) is 1. The normalized spacial score (nSPS) is 10.6. The molecule has 0 fully saturated rings. The molecule has 3 aromatic rings. The molecule has 144 valence electrons. The summed E-state index contributed by atoms with van der Waals surface area (Å²) in [7, 11) is 1.96. The summed E-state index contributed by atoms with van der Waals surface area (Å²) in [4.78, 5) is 23.7. The fourth-order valence-electron chi connectivity index (χ4n) is 3.36. The number of benzene rings is 2. The van der Waals surface area contributed by atoms with Crippen LogP contribution in [-0.2, 0) is 6.54 Å². The maximum atomic E-state index is 12.9. The van der Waals surface area contributed by atoms with Crippen LogP contribution in [0.1, 0.15) is 38.6 Å². The summed E-state index contributed by atoms with van der Waals surface area (Å²) in [5.41, 5.74) is 5.64. The molecular weight excluding hydrogens is 348 g/mol. The molecule has 2 aromatic carbocycles. The fourth-order valence-corrected chi connectivity index (χ4v) is 3.36. The van der Waals surface area contributed by atoms with Gasteiger partial charge in [0.1, 0.15) is 17.3 Å². The molecular formula is C23H26N4O. The van der Waals surface area contributed by atoms with Crippen LogP contribution in [-0.4, -0.2) is 22.9 Å². The highest BCUT2D eigenvalue weighted by atomic mass is 16.1. The molecule has 0 radical (unpaired) electrons. The minimum atomic E-state index is -0.227. The Kier molecular flexibility index (Phi) is 5.73. The molecule has 5 nitrogen and oxygen atoms in total. The summed E-state index contributed by atoms with van der Waals surface area (Å²) >= 11 is 0. The Balaban J connectivity index is 1.84. The molecule has 28 heavy (non-hydrogen) atoms. The van der Waals surface area contributed by atoms with E-state index in [4.69, 9.17) is 0 Å². The van der Waals surface area contributed by atoms with Gasteiger partial charge in [-0.2, -0.15) is 0 Å². The summed E-state index contributed by atoms with van der Waals surface area (Å²) in [6.45, 7) is 8.56. The third-order valence-electron chi connectivity index (χ3n) is 4.63. The summed E-state index contributed by atoms with van der Waals surface area (Å²) in [6, 6.07) is 16.0. The van der Waals surface area contributed by atoms with Crippen molar-refractivity contribution in [2.24, 2.45) is 0 Å². The van der Waals surface area contributed by atoms with Crippen molar-refractivity contribution in [2.75, 3.05) is 17.3 Å². The fraction of sp³-hybridized carbons (Fsp3) is 0.261. The highest BCUT2D eigenvalue weighted by Gasteiger charge is 2.15. The lowest BCUT2D eigenvalue weighted by atomic mass is 10.0. The molecule has 5 heteroatoms. The highest BCUT2D eigenvalue weighted by Crippen LogP contribution is 2.23. The zero-order chi connectivity index (χ0) is 20.3. The summed E-state index contributed by atoms with van der Waals surface area (Å²) in [5, 5.41) is 3.02. The first-order valence-electron chi connectivity index (χ1n) is 9.33. The Morgan fingerprint density at radius 3 is 2.25 bits per heavy atom. The standard InChI is InChI=1S/C23H26N4O/c1-15-11-16(2)22(17(3)12-15)26-23(28)20-13-21(25-18(4)24-20)27(5)14-19-9-7-6-8-10-19/h6-13H,14H2,1-5H3,(H,26,28). The van der Waals surface area contributed by atoms with Crippen molar-refractivity contribution < 1.29 is 4.79 Å². The molecule has 3 rings (SSSR count). The third kappa shape index (κ3) is 4.55. The molecule has 0 spiro atoms. The Morgan fingerprint density at radius 1 is 0.964 bits per heavy atom. The first-order chi connectivity index (χ1) is 13.3. The molecule has 0 atom stereocenters. The topological polar surface area (TPSA) is 58.1 Å². The smallest absolute Gasteiger partial charge is 0.274 e.